The Balaban J connectivity index is 0.00000544. The van der Waals surface area contributed by atoms with Gasteiger partial charge in [0.25, 0.3) is 0 Å². The van der Waals surface area contributed by atoms with Gasteiger partial charge in [-0.05, 0) is 31.2 Å². The van der Waals surface area contributed by atoms with Gasteiger partial charge in [0.15, 0.2) is 11.9 Å². The zero-order valence-corrected chi connectivity index (χ0v) is 20.5. The molecule has 34 heavy (non-hydrogen) atoms. The number of aldehydes is 1. The van der Waals surface area contributed by atoms with Crippen LogP contribution in [0.25, 0.3) is 0 Å². The molecule has 0 aromatic heterocycles. The van der Waals surface area contributed by atoms with Gasteiger partial charge in [-0.15, -0.1) is 24.8 Å². The molecule has 1 heterocycles. The van der Waals surface area contributed by atoms with Crippen LogP contribution in [-0.2, 0) is 20.8 Å². The molecule has 1 saturated heterocycles. The summed E-state index contributed by atoms with van der Waals surface area (Å²) in [5, 5.41) is 2.71. The Morgan fingerprint density at radius 2 is 1.79 bits per heavy atom. The number of carbonyl (C=O) groups excluding carboxylic acids is 3. The smallest absolute Gasteiger partial charge is 0.248 e. The van der Waals surface area contributed by atoms with Crippen molar-refractivity contribution in [2.24, 2.45) is 32.9 Å². The van der Waals surface area contributed by atoms with Gasteiger partial charge in [0.1, 0.15) is 18.4 Å². The average Bonchev–Trinajstić information content (AvgIpc) is 3.25. The van der Waals surface area contributed by atoms with Gasteiger partial charge in [0.05, 0.1) is 6.04 Å². The zero-order chi connectivity index (χ0) is 23.5. The van der Waals surface area contributed by atoms with Gasteiger partial charge in [-0.1, -0.05) is 30.3 Å². The van der Waals surface area contributed by atoms with Crippen molar-refractivity contribution < 1.29 is 14.4 Å². The number of nitrogens with two attached hydrogens (primary N) is 4. The molecule has 1 aromatic carbocycles. The highest BCUT2D eigenvalue weighted by Crippen LogP contribution is 2.21. The number of nitrogens with zero attached hydrogens (tertiary/aromatic N) is 3. The number of rotatable bonds is 11. The lowest BCUT2D eigenvalue weighted by molar-refractivity contribution is -0.139. The summed E-state index contributed by atoms with van der Waals surface area (Å²) in [6, 6.07) is 7.17. The highest BCUT2D eigenvalue weighted by molar-refractivity contribution is 5.92. The lowest BCUT2D eigenvalue weighted by Gasteiger charge is -2.27. The number of hydrogen-bond donors (Lipinski definition) is 5. The summed E-state index contributed by atoms with van der Waals surface area (Å²) in [5.74, 6) is -0.919. The largest absolute Gasteiger partial charge is 0.370 e. The molecule has 0 saturated carbocycles. The van der Waals surface area contributed by atoms with E-state index in [2.05, 4.69) is 15.3 Å². The molecular weight excluding hydrogens is 483 g/mol. The molecule has 1 fully saturated rings. The van der Waals surface area contributed by atoms with Crippen LogP contribution in [0.3, 0.4) is 0 Å². The first-order valence-corrected chi connectivity index (χ1v) is 10.6. The molecule has 1 aliphatic rings. The quantitative estimate of drug-likeness (QED) is 0.112. The Morgan fingerprint density at radius 3 is 2.38 bits per heavy atom. The first-order valence-electron chi connectivity index (χ1n) is 10.6. The maximum Gasteiger partial charge on any atom is 0.248 e. The highest BCUT2D eigenvalue weighted by atomic mass is 35.5. The average molecular weight is 517 g/mol. The van der Waals surface area contributed by atoms with Crippen LogP contribution in [0.15, 0.2) is 40.3 Å². The van der Waals surface area contributed by atoms with Gasteiger partial charge in [-0.2, -0.15) is 0 Å². The van der Waals surface area contributed by atoms with Crippen LogP contribution >= 0.6 is 24.8 Å². The number of likely N-dealkylation sites (tertiary alicyclic amines) is 1. The minimum Gasteiger partial charge on any atom is -0.370 e. The van der Waals surface area contributed by atoms with E-state index in [1.54, 1.807) is 0 Å². The van der Waals surface area contributed by atoms with Crippen LogP contribution in [0, 0.1) is 0 Å². The molecule has 0 unspecified atom stereocenters. The van der Waals surface area contributed by atoms with Crippen molar-refractivity contribution in [3.63, 3.8) is 0 Å². The Morgan fingerprint density at radius 1 is 1.12 bits per heavy atom. The monoisotopic (exact) mass is 516 g/mol. The molecular formula is C21H34Cl2N8O3. The molecule has 1 aliphatic heterocycles. The summed E-state index contributed by atoms with van der Waals surface area (Å²) in [5.41, 5.74) is 22.6. The highest BCUT2D eigenvalue weighted by Gasteiger charge is 2.37. The number of hydrogen-bond acceptors (Lipinski definition) is 5. The van der Waals surface area contributed by atoms with Crippen molar-refractivity contribution in [3.05, 3.63) is 35.9 Å². The van der Waals surface area contributed by atoms with E-state index in [1.807, 2.05) is 30.3 Å². The third-order valence-corrected chi connectivity index (χ3v) is 5.16. The number of guanidine groups is 2. The second-order valence-electron chi connectivity index (χ2n) is 7.65. The van der Waals surface area contributed by atoms with E-state index in [9.17, 15) is 14.4 Å². The Bertz CT molecular complexity index is 846. The van der Waals surface area contributed by atoms with Crippen molar-refractivity contribution in [1.82, 2.24) is 10.2 Å². The van der Waals surface area contributed by atoms with Gasteiger partial charge in [0, 0.05) is 19.5 Å². The van der Waals surface area contributed by atoms with E-state index in [0.717, 1.165) is 5.56 Å². The number of amides is 2. The van der Waals surface area contributed by atoms with Crippen LogP contribution < -0.4 is 28.3 Å². The molecule has 0 radical (unpaired) electrons. The topological polar surface area (TPSA) is 195 Å². The van der Waals surface area contributed by atoms with E-state index in [4.69, 9.17) is 22.9 Å². The zero-order valence-electron chi connectivity index (χ0n) is 18.8. The van der Waals surface area contributed by atoms with Gasteiger partial charge in [0.2, 0.25) is 11.8 Å². The molecule has 11 nitrogen and oxygen atoms in total. The van der Waals surface area contributed by atoms with Gasteiger partial charge in [-0.3, -0.25) is 14.6 Å². The normalized spacial score (nSPS) is 16.1. The third-order valence-electron chi connectivity index (χ3n) is 5.16. The summed E-state index contributed by atoms with van der Waals surface area (Å²) in [6.45, 7) is 0.773. The third kappa shape index (κ3) is 9.84. The lowest BCUT2D eigenvalue weighted by Crippen LogP contribution is -2.51. The molecule has 3 atom stereocenters. The first kappa shape index (κ1) is 30.9. The molecule has 0 aliphatic carbocycles. The molecule has 0 spiro atoms. The van der Waals surface area contributed by atoms with Crippen molar-refractivity contribution in [3.8, 4) is 0 Å². The van der Waals surface area contributed by atoms with Crippen molar-refractivity contribution >= 4 is 54.8 Å². The van der Waals surface area contributed by atoms with Crippen LogP contribution in [0.1, 0.15) is 31.2 Å². The minimum atomic E-state index is -0.836. The van der Waals surface area contributed by atoms with E-state index in [1.165, 1.54) is 4.90 Å². The summed E-state index contributed by atoms with van der Waals surface area (Å²) in [7, 11) is 0. The maximum absolute atomic E-state index is 13.3. The molecule has 2 rings (SSSR count). The fraction of sp³-hybridized carbons (Fsp3) is 0.476. The summed E-state index contributed by atoms with van der Waals surface area (Å²) < 4.78 is 0. The van der Waals surface area contributed by atoms with E-state index in [-0.39, 0.29) is 48.5 Å². The Labute approximate surface area is 211 Å². The second kappa shape index (κ2) is 15.7. The van der Waals surface area contributed by atoms with Crippen molar-refractivity contribution in [2.45, 2.75) is 50.2 Å². The van der Waals surface area contributed by atoms with Crippen LogP contribution in [0.4, 0.5) is 0 Å². The van der Waals surface area contributed by atoms with Gasteiger partial charge in [-0.25, -0.2) is 4.99 Å². The van der Waals surface area contributed by atoms with Crippen LogP contribution in [-0.4, -0.2) is 66.1 Å². The molecule has 0 bridgehead atoms. The lowest BCUT2D eigenvalue weighted by atomic mass is 10.0. The summed E-state index contributed by atoms with van der Waals surface area (Å²) in [6.07, 6.45) is 3.06. The molecule has 190 valence electrons. The van der Waals surface area contributed by atoms with Crippen molar-refractivity contribution in [2.75, 3.05) is 13.1 Å². The number of carbonyl (C=O) groups is 3. The maximum atomic E-state index is 13.3. The summed E-state index contributed by atoms with van der Waals surface area (Å²) in [4.78, 5) is 47.0. The standard InChI is InChI=1S/C21H32N8O3.2ClH/c22-20(23)26-10-4-8-15(13-30)27-18(31)17-9-5-11-29(17)19(32)16(28-21(24)25)12-14-6-2-1-3-7-14;;/h1-3,6-7,13,15-17H,4-5,8-12H2,(H,27,31)(H4,22,23,26)(H4,24,25,28);2*1H/t15-,16+,17-;;/m0../s1. The predicted octanol–water partition coefficient (Wildman–Crippen LogP) is -0.557. The van der Waals surface area contributed by atoms with E-state index in [0.29, 0.717) is 51.5 Å². The number of halogens is 2. The van der Waals surface area contributed by atoms with E-state index >= 15 is 0 Å². The fourth-order valence-electron chi connectivity index (χ4n) is 3.67. The van der Waals surface area contributed by atoms with Gasteiger partial charge >= 0.3 is 0 Å². The first-order chi connectivity index (χ1) is 15.3. The Hall–Kier alpha value is -3.05. The number of nitrogens with one attached hydrogen (secondary N) is 1. The van der Waals surface area contributed by atoms with E-state index < -0.39 is 18.1 Å². The molecule has 2 amide bonds. The minimum absolute atomic E-state index is 0. The molecule has 13 heteroatoms. The Kier molecular flexibility index (Phi) is 14.3. The van der Waals surface area contributed by atoms with Crippen LogP contribution in [0.5, 0.6) is 0 Å². The SMILES string of the molecule is Cl.Cl.NC(N)=NCCC[C@@H](C=O)NC(=O)[C@@H]1CCCN1C(=O)[C@@H](Cc1ccccc1)N=C(N)N. The predicted molar refractivity (Wildman–Crippen MR) is 137 cm³/mol. The van der Waals surface area contributed by atoms with Gasteiger partial charge < -0.3 is 37.9 Å². The second-order valence-corrected chi connectivity index (χ2v) is 7.65. The molecule has 1 aromatic rings. The summed E-state index contributed by atoms with van der Waals surface area (Å²) >= 11 is 0. The van der Waals surface area contributed by atoms with Crippen LogP contribution in [0.2, 0.25) is 0 Å². The number of aliphatic imine (C=N–C) groups is 2. The number of benzene rings is 1. The fourth-order valence-corrected chi connectivity index (χ4v) is 3.67. The molecule has 9 N–H and O–H groups in total. The van der Waals surface area contributed by atoms with Crippen molar-refractivity contribution in [1.29, 1.82) is 0 Å².